The van der Waals surface area contributed by atoms with E-state index in [1.165, 1.54) is 12.1 Å². The first-order valence-corrected chi connectivity index (χ1v) is 9.14. The van der Waals surface area contributed by atoms with Crippen molar-refractivity contribution in [3.8, 4) is 0 Å². The summed E-state index contributed by atoms with van der Waals surface area (Å²) in [7, 11) is -1.35. The smallest absolute Gasteiger partial charge is 0.336 e. The molecule has 7 heteroatoms. The van der Waals surface area contributed by atoms with Crippen molar-refractivity contribution < 1.29 is 18.0 Å². The summed E-state index contributed by atoms with van der Waals surface area (Å²) < 4.78 is 37.0. The standard InChI is InChI=1S/C15H22FN2O3P/c1-4-20-22(19,21-5-2)11-14-13-7-6-12(16)10-15(13)18(3)9-8-17-14/h6-7,10H,4-5,8-9,11H2,1-3H3. The van der Waals surface area contributed by atoms with Gasteiger partial charge in [0.25, 0.3) is 0 Å². The molecule has 1 aliphatic rings. The van der Waals surface area contributed by atoms with Crippen molar-refractivity contribution in [3.05, 3.63) is 29.6 Å². The van der Waals surface area contributed by atoms with Gasteiger partial charge in [-0.25, -0.2) is 4.39 Å². The van der Waals surface area contributed by atoms with E-state index in [4.69, 9.17) is 9.05 Å². The fourth-order valence-electron chi connectivity index (χ4n) is 2.45. The lowest BCUT2D eigenvalue weighted by Gasteiger charge is -2.21. The average Bonchev–Trinajstić information content (AvgIpc) is 2.59. The highest BCUT2D eigenvalue weighted by molar-refractivity contribution is 7.55. The maximum Gasteiger partial charge on any atom is 0.336 e. The van der Waals surface area contributed by atoms with Crippen LogP contribution in [-0.4, -0.2) is 45.2 Å². The first kappa shape index (κ1) is 17.1. The Bertz CT molecular complexity index is 596. The van der Waals surface area contributed by atoms with E-state index in [2.05, 4.69) is 4.99 Å². The molecule has 1 aliphatic heterocycles. The van der Waals surface area contributed by atoms with Crippen LogP contribution in [0.1, 0.15) is 19.4 Å². The molecule has 0 saturated carbocycles. The molecule has 0 amide bonds. The van der Waals surface area contributed by atoms with Crippen LogP contribution in [0.4, 0.5) is 10.1 Å². The van der Waals surface area contributed by atoms with Gasteiger partial charge in [0.1, 0.15) is 5.82 Å². The molecule has 0 spiro atoms. The Morgan fingerprint density at radius 3 is 2.64 bits per heavy atom. The molecule has 0 N–H and O–H groups in total. The van der Waals surface area contributed by atoms with Crippen molar-refractivity contribution in [2.45, 2.75) is 13.8 Å². The molecule has 0 bridgehead atoms. The first-order chi connectivity index (χ1) is 10.5. The van der Waals surface area contributed by atoms with Gasteiger partial charge >= 0.3 is 7.60 Å². The van der Waals surface area contributed by atoms with Crippen molar-refractivity contribution in [1.82, 2.24) is 0 Å². The Morgan fingerprint density at radius 1 is 1.32 bits per heavy atom. The Kier molecular flexibility index (Phi) is 5.73. The summed E-state index contributed by atoms with van der Waals surface area (Å²) in [6.07, 6.45) is 0.0984. The Labute approximate surface area is 130 Å². The molecule has 0 saturated heterocycles. The molecular formula is C15H22FN2O3P. The summed E-state index contributed by atoms with van der Waals surface area (Å²) in [4.78, 5) is 6.46. The molecule has 1 aromatic rings. The van der Waals surface area contributed by atoms with Crippen LogP contribution >= 0.6 is 7.60 Å². The molecule has 0 fully saturated rings. The second kappa shape index (κ2) is 7.36. The lowest BCUT2D eigenvalue weighted by Crippen LogP contribution is -2.20. The number of hydrogen-bond acceptors (Lipinski definition) is 5. The Morgan fingerprint density at radius 2 is 2.00 bits per heavy atom. The number of anilines is 1. The molecule has 0 aliphatic carbocycles. The van der Waals surface area contributed by atoms with Gasteiger partial charge in [0.05, 0.1) is 31.6 Å². The predicted octanol–water partition coefficient (Wildman–Crippen LogP) is 3.33. The molecule has 0 unspecified atom stereocenters. The van der Waals surface area contributed by atoms with Gasteiger partial charge in [-0.2, -0.15) is 0 Å². The molecule has 5 nitrogen and oxygen atoms in total. The number of aliphatic imine (C=N–C) groups is 1. The second-order valence-corrected chi connectivity index (χ2v) is 7.07. The maximum absolute atomic E-state index is 13.5. The predicted molar refractivity (Wildman–Crippen MR) is 86.8 cm³/mol. The highest BCUT2D eigenvalue weighted by atomic mass is 31.2. The van der Waals surface area contributed by atoms with Crippen LogP contribution in [0.25, 0.3) is 0 Å². The topological polar surface area (TPSA) is 51.1 Å². The molecule has 1 heterocycles. The van der Waals surface area contributed by atoms with Crippen LogP contribution in [0.5, 0.6) is 0 Å². The van der Waals surface area contributed by atoms with Gasteiger partial charge < -0.3 is 13.9 Å². The third kappa shape index (κ3) is 3.94. The monoisotopic (exact) mass is 328 g/mol. The van der Waals surface area contributed by atoms with E-state index >= 15 is 0 Å². The van der Waals surface area contributed by atoms with Gasteiger partial charge in [-0.05, 0) is 32.0 Å². The average molecular weight is 328 g/mol. The number of hydrogen-bond donors (Lipinski definition) is 0. The van der Waals surface area contributed by atoms with E-state index in [0.717, 1.165) is 11.3 Å². The lowest BCUT2D eigenvalue weighted by molar-refractivity contribution is 0.223. The molecule has 2 rings (SSSR count). The van der Waals surface area contributed by atoms with Crippen molar-refractivity contribution in [2.75, 3.05) is 44.4 Å². The van der Waals surface area contributed by atoms with Crippen molar-refractivity contribution >= 4 is 19.0 Å². The summed E-state index contributed by atoms with van der Waals surface area (Å²) in [6.45, 7) is 5.39. The summed E-state index contributed by atoms with van der Waals surface area (Å²) in [6, 6.07) is 4.54. The zero-order chi connectivity index (χ0) is 16.2. The van der Waals surface area contributed by atoms with Gasteiger partial charge in [0.15, 0.2) is 0 Å². The van der Waals surface area contributed by atoms with Gasteiger partial charge in [0, 0.05) is 24.8 Å². The molecule has 122 valence electrons. The van der Waals surface area contributed by atoms with Crippen LogP contribution in [0.3, 0.4) is 0 Å². The summed E-state index contributed by atoms with van der Waals surface area (Å²) in [5, 5.41) is 0. The molecule has 0 radical (unpaired) electrons. The van der Waals surface area contributed by atoms with Crippen molar-refractivity contribution in [1.29, 1.82) is 0 Å². The van der Waals surface area contributed by atoms with E-state index in [0.29, 0.717) is 32.0 Å². The van der Waals surface area contributed by atoms with E-state index in [9.17, 15) is 8.96 Å². The molecule has 0 aromatic heterocycles. The third-order valence-corrected chi connectivity index (χ3v) is 5.41. The van der Waals surface area contributed by atoms with E-state index in [-0.39, 0.29) is 12.0 Å². The van der Waals surface area contributed by atoms with Crippen molar-refractivity contribution in [2.24, 2.45) is 4.99 Å². The van der Waals surface area contributed by atoms with E-state index in [1.54, 1.807) is 19.9 Å². The number of halogens is 1. The summed E-state index contributed by atoms with van der Waals surface area (Å²) in [5.74, 6) is -0.301. The largest absolute Gasteiger partial charge is 0.372 e. The summed E-state index contributed by atoms with van der Waals surface area (Å²) in [5.41, 5.74) is 2.17. The van der Waals surface area contributed by atoms with Crippen LogP contribution in [0, 0.1) is 5.82 Å². The Balaban J connectivity index is 2.36. The van der Waals surface area contributed by atoms with Crippen LogP contribution in [0.2, 0.25) is 0 Å². The lowest BCUT2D eigenvalue weighted by atomic mass is 10.1. The normalized spacial score (nSPS) is 15.3. The second-order valence-electron chi connectivity index (χ2n) is 5.02. The maximum atomic E-state index is 13.5. The molecule has 1 aromatic carbocycles. The minimum absolute atomic E-state index is 0.0984. The zero-order valence-electron chi connectivity index (χ0n) is 13.2. The minimum atomic E-state index is -3.24. The van der Waals surface area contributed by atoms with Gasteiger partial charge in [-0.15, -0.1) is 0 Å². The Hall–Kier alpha value is -1.23. The van der Waals surface area contributed by atoms with Crippen LogP contribution in [0.15, 0.2) is 23.2 Å². The minimum Gasteiger partial charge on any atom is -0.372 e. The highest BCUT2D eigenvalue weighted by Gasteiger charge is 2.29. The quantitative estimate of drug-likeness (QED) is 0.752. The molecular weight excluding hydrogens is 306 g/mol. The van der Waals surface area contributed by atoms with Gasteiger partial charge in [-0.1, -0.05) is 0 Å². The zero-order valence-corrected chi connectivity index (χ0v) is 14.1. The number of likely N-dealkylation sites (N-methyl/N-ethyl adjacent to an activating group) is 1. The van der Waals surface area contributed by atoms with Crippen LogP contribution in [-0.2, 0) is 13.6 Å². The number of benzene rings is 1. The first-order valence-electron chi connectivity index (χ1n) is 7.41. The SMILES string of the molecule is CCOP(=O)(CC1=NCCN(C)c2cc(F)ccc21)OCC. The number of fused-ring (bicyclic) bond motifs is 1. The fraction of sp³-hybridized carbons (Fsp3) is 0.533. The van der Waals surface area contributed by atoms with Gasteiger partial charge in [-0.3, -0.25) is 9.56 Å². The third-order valence-electron chi connectivity index (χ3n) is 3.42. The fourth-order valence-corrected chi connectivity index (χ4v) is 4.13. The van der Waals surface area contributed by atoms with E-state index in [1.807, 2.05) is 11.9 Å². The van der Waals surface area contributed by atoms with Crippen molar-refractivity contribution in [3.63, 3.8) is 0 Å². The number of benzodiazepines with no additional fused rings is 1. The number of nitrogens with zero attached hydrogens (tertiary/aromatic N) is 2. The van der Waals surface area contributed by atoms with Crippen LogP contribution < -0.4 is 4.90 Å². The highest BCUT2D eigenvalue weighted by Crippen LogP contribution is 2.49. The summed E-state index contributed by atoms with van der Waals surface area (Å²) >= 11 is 0. The molecule has 0 atom stereocenters. The number of rotatable bonds is 6. The van der Waals surface area contributed by atoms with Gasteiger partial charge in [0.2, 0.25) is 0 Å². The van der Waals surface area contributed by atoms with E-state index < -0.39 is 7.60 Å². The molecule has 22 heavy (non-hydrogen) atoms.